The number of hydrogen-bond acceptors (Lipinski definition) is 3. The molecule has 0 aliphatic heterocycles. The Kier molecular flexibility index (Phi) is 5.70. The SMILES string of the molecule is CC=C1C(=O)[C@H]2C3CC[C@H]([C@H](C)CCC(=O)O)[C@@]3(C)CCC2[C@@]2(C)CC[C@@H](O)C[C@@H]12. The maximum atomic E-state index is 13.8. The van der Waals surface area contributed by atoms with Crippen LogP contribution in [-0.2, 0) is 9.59 Å². The van der Waals surface area contributed by atoms with Gasteiger partial charge in [0.25, 0.3) is 0 Å². The van der Waals surface area contributed by atoms with E-state index in [4.69, 9.17) is 5.11 Å². The summed E-state index contributed by atoms with van der Waals surface area (Å²) in [6.45, 7) is 9.04. The zero-order chi connectivity index (χ0) is 21.8. The van der Waals surface area contributed by atoms with E-state index in [1.54, 1.807) is 0 Å². The number of carboxylic acid groups (broad SMARTS) is 1. The molecule has 9 atom stereocenters. The molecule has 0 amide bonds. The molecule has 4 rings (SSSR count). The summed E-state index contributed by atoms with van der Waals surface area (Å²) in [5, 5.41) is 19.5. The predicted molar refractivity (Wildman–Crippen MR) is 117 cm³/mol. The van der Waals surface area contributed by atoms with Crippen LogP contribution in [0.25, 0.3) is 0 Å². The number of aliphatic carboxylic acids is 1. The van der Waals surface area contributed by atoms with Crippen molar-refractivity contribution in [2.45, 2.75) is 91.6 Å². The van der Waals surface area contributed by atoms with Crippen molar-refractivity contribution in [3.63, 3.8) is 0 Å². The quantitative estimate of drug-likeness (QED) is 0.614. The van der Waals surface area contributed by atoms with Gasteiger partial charge in [0.2, 0.25) is 0 Å². The Morgan fingerprint density at radius 3 is 2.47 bits per heavy atom. The first kappa shape index (κ1) is 22.0. The minimum absolute atomic E-state index is 0.114. The summed E-state index contributed by atoms with van der Waals surface area (Å²) in [6, 6.07) is 0. The lowest BCUT2D eigenvalue weighted by Crippen LogP contribution is -2.58. The Balaban J connectivity index is 1.64. The number of ketones is 1. The topological polar surface area (TPSA) is 74.6 Å². The number of aliphatic hydroxyl groups is 1. The number of hydrogen-bond donors (Lipinski definition) is 2. The van der Waals surface area contributed by atoms with Gasteiger partial charge in [-0.25, -0.2) is 0 Å². The molecule has 0 aromatic rings. The number of rotatable bonds is 4. The van der Waals surface area contributed by atoms with Crippen LogP contribution in [0.2, 0.25) is 0 Å². The zero-order valence-corrected chi connectivity index (χ0v) is 19.2. The first-order valence-corrected chi connectivity index (χ1v) is 12.2. The highest BCUT2D eigenvalue weighted by atomic mass is 16.4. The second kappa shape index (κ2) is 7.76. The first-order chi connectivity index (χ1) is 14.1. The van der Waals surface area contributed by atoms with E-state index in [1.807, 2.05) is 13.0 Å². The molecule has 0 spiro atoms. The molecular formula is C26H40O4. The van der Waals surface area contributed by atoms with Gasteiger partial charge in [-0.15, -0.1) is 0 Å². The fourth-order valence-corrected chi connectivity index (χ4v) is 8.72. The number of carbonyl (C=O) groups is 2. The Labute approximate surface area is 181 Å². The van der Waals surface area contributed by atoms with Gasteiger partial charge in [0.1, 0.15) is 0 Å². The first-order valence-electron chi connectivity index (χ1n) is 12.2. The molecule has 0 aromatic carbocycles. The standard InChI is InChI=1S/C26H40O4/c1-5-17-21-14-16(27)10-12-26(21,4)20-11-13-25(3)18(15(2)6-9-22(28)29)7-8-19(25)23(20)24(17)30/h5,15-16,18-21,23,27H,6-14H2,1-4H3,(H,28,29)/t15-,16-,18-,19?,20?,21+,23+,25-,26-/m1/s1. The van der Waals surface area contributed by atoms with Gasteiger partial charge in [-0.2, -0.15) is 0 Å². The summed E-state index contributed by atoms with van der Waals surface area (Å²) in [5.74, 6) is 1.74. The van der Waals surface area contributed by atoms with Crippen molar-refractivity contribution in [2.24, 2.45) is 46.3 Å². The third kappa shape index (κ3) is 3.20. The Morgan fingerprint density at radius 2 is 1.80 bits per heavy atom. The van der Waals surface area contributed by atoms with Crippen LogP contribution in [0, 0.1) is 46.3 Å². The minimum Gasteiger partial charge on any atom is -0.481 e. The number of aliphatic hydroxyl groups excluding tert-OH is 1. The third-order valence-electron chi connectivity index (χ3n) is 10.3. The van der Waals surface area contributed by atoms with Crippen LogP contribution in [0.4, 0.5) is 0 Å². The molecule has 4 saturated carbocycles. The van der Waals surface area contributed by atoms with Gasteiger partial charge in [0.15, 0.2) is 5.78 Å². The van der Waals surface area contributed by atoms with Crippen molar-refractivity contribution >= 4 is 11.8 Å². The van der Waals surface area contributed by atoms with Gasteiger partial charge >= 0.3 is 5.97 Å². The van der Waals surface area contributed by atoms with Gasteiger partial charge in [0, 0.05) is 12.3 Å². The van der Waals surface area contributed by atoms with Crippen molar-refractivity contribution in [3.05, 3.63) is 11.6 Å². The Hall–Kier alpha value is -1.16. The van der Waals surface area contributed by atoms with Gasteiger partial charge in [-0.1, -0.05) is 26.8 Å². The molecule has 2 N–H and O–H groups in total. The van der Waals surface area contributed by atoms with Gasteiger partial charge < -0.3 is 10.2 Å². The van der Waals surface area contributed by atoms with Crippen molar-refractivity contribution < 1.29 is 19.8 Å². The second-order valence-electron chi connectivity index (χ2n) is 11.5. The van der Waals surface area contributed by atoms with E-state index in [-0.39, 0.29) is 35.2 Å². The molecule has 4 nitrogen and oxygen atoms in total. The van der Waals surface area contributed by atoms with Gasteiger partial charge in [-0.3, -0.25) is 9.59 Å². The molecule has 4 fully saturated rings. The molecule has 0 aromatic heterocycles. The lowest BCUT2D eigenvalue weighted by molar-refractivity contribution is -0.150. The van der Waals surface area contributed by atoms with E-state index in [2.05, 4.69) is 20.8 Å². The van der Waals surface area contributed by atoms with Crippen molar-refractivity contribution in [1.82, 2.24) is 0 Å². The predicted octanol–water partition coefficient (Wildman–Crippen LogP) is 5.24. The number of carboxylic acids is 1. The molecular weight excluding hydrogens is 376 g/mol. The average molecular weight is 417 g/mol. The van der Waals surface area contributed by atoms with Crippen LogP contribution >= 0.6 is 0 Å². The molecule has 4 aliphatic rings. The number of Topliss-reactive ketones (excluding diaryl/α,β-unsaturated/α-hetero) is 1. The maximum absolute atomic E-state index is 13.8. The van der Waals surface area contributed by atoms with Crippen LogP contribution in [0.5, 0.6) is 0 Å². The zero-order valence-electron chi connectivity index (χ0n) is 19.2. The lowest BCUT2D eigenvalue weighted by atomic mass is 9.43. The van der Waals surface area contributed by atoms with Crippen LogP contribution < -0.4 is 0 Å². The van der Waals surface area contributed by atoms with Crippen molar-refractivity contribution in [1.29, 1.82) is 0 Å². The number of carbonyl (C=O) groups excluding carboxylic acids is 1. The highest BCUT2D eigenvalue weighted by molar-refractivity contribution is 5.99. The number of allylic oxidation sites excluding steroid dienone is 2. The average Bonchev–Trinajstić information content (AvgIpc) is 3.05. The largest absolute Gasteiger partial charge is 0.481 e. The fourth-order valence-electron chi connectivity index (χ4n) is 8.72. The molecule has 30 heavy (non-hydrogen) atoms. The van der Waals surface area contributed by atoms with E-state index in [9.17, 15) is 14.7 Å². The van der Waals surface area contributed by atoms with E-state index >= 15 is 0 Å². The molecule has 0 heterocycles. The summed E-state index contributed by atoms with van der Waals surface area (Å²) in [4.78, 5) is 24.9. The molecule has 168 valence electrons. The smallest absolute Gasteiger partial charge is 0.303 e. The van der Waals surface area contributed by atoms with Gasteiger partial charge in [-0.05, 0) is 104 Å². The molecule has 0 saturated heterocycles. The summed E-state index contributed by atoms with van der Waals surface area (Å²) >= 11 is 0. The molecule has 4 heteroatoms. The van der Waals surface area contributed by atoms with E-state index < -0.39 is 5.97 Å². The maximum Gasteiger partial charge on any atom is 0.303 e. The van der Waals surface area contributed by atoms with Gasteiger partial charge in [0.05, 0.1) is 6.10 Å². The highest BCUT2D eigenvalue weighted by Gasteiger charge is 2.64. The van der Waals surface area contributed by atoms with Crippen molar-refractivity contribution in [2.75, 3.05) is 0 Å². The molecule has 0 radical (unpaired) electrons. The fraction of sp³-hybridized carbons (Fsp3) is 0.846. The lowest BCUT2D eigenvalue weighted by Gasteiger charge is -2.61. The van der Waals surface area contributed by atoms with Crippen LogP contribution in [0.1, 0.15) is 85.5 Å². The Bertz CT molecular complexity index is 741. The molecule has 0 bridgehead atoms. The van der Waals surface area contributed by atoms with E-state index in [1.165, 1.54) is 0 Å². The minimum atomic E-state index is -0.705. The molecule has 4 aliphatic carbocycles. The second-order valence-corrected chi connectivity index (χ2v) is 11.5. The van der Waals surface area contributed by atoms with Crippen LogP contribution in [0.3, 0.4) is 0 Å². The van der Waals surface area contributed by atoms with Crippen molar-refractivity contribution in [3.8, 4) is 0 Å². The van der Waals surface area contributed by atoms with Crippen LogP contribution in [-0.4, -0.2) is 28.1 Å². The summed E-state index contributed by atoms with van der Waals surface area (Å²) in [7, 11) is 0. The molecule has 2 unspecified atom stereocenters. The van der Waals surface area contributed by atoms with Crippen LogP contribution in [0.15, 0.2) is 11.6 Å². The third-order valence-corrected chi connectivity index (χ3v) is 10.3. The summed E-state index contributed by atoms with van der Waals surface area (Å²) in [5.41, 5.74) is 1.25. The summed E-state index contributed by atoms with van der Waals surface area (Å²) in [6.07, 6.45) is 9.86. The monoisotopic (exact) mass is 416 g/mol. The Morgan fingerprint density at radius 1 is 1.13 bits per heavy atom. The number of fused-ring (bicyclic) bond motifs is 5. The van der Waals surface area contributed by atoms with E-state index in [0.717, 1.165) is 56.9 Å². The highest BCUT2D eigenvalue weighted by Crippen LogP contribution is 2.68. The summed E-state index contributed by atoms with van der Waals surface area (Å²) < 4.78 is 0. The van der Waals surface area contributed by atoms with E-state index in [0.29, 0.717) is 29.5 Å². The normalized spacial score (nSPS) is 48.0.